The molecule has 0 saturated heterocycles. The van der Waals surface area contributed by atoms with Gasteiger partial charge in [0.15, 0.2) is 0 Å². The Bertz CT molecular complexity index is 4770. The maximum absolute atomic E-state index is 6.97. The lowest BCUT2D eigenvalue weighted by Crippen LogP contribution is -2.12. The van der Waals surface area contributed by atoms with E-state index in [0.717, 1.165) is 155 Å². The van der Waals surface area contributed by atoms with Gasteiger partial charge in [0.05, 0.1) is 5.39 Å². The van der Waals surface area contributed by atoms with Crippen LogP contribution < -0.4 is 9.80 Å². The summed E-state index contributed by atoms with van der Waals surface area (Å²) >= 11 is 0. The van der Waals surface area contributed by atoms with Crippen molar-refractivity contribution in [2.75, 3.05) is 9.80 Å². The number of para-hydroxylation sites is 4. The van der Waals surface area contributed by atoms with Crippen LogP contribution in [0.15, 0.2) is 212 Å². The molecule has 0 N–H and O–H groups in total. The van der Waals surface area contributed by atoms with E-state index in [1.165, 1.54) is 11.1 Å². The van der Waals surface area contributed by atoms with Crippen LogP contribution in [-0.4, -0.2) is 0 Å². The fourth-order valence-corrected chi connectivity index (χ4v) is 11.7. The van der Waals surface area contributed by atoms with Gasteiger partial charge in [-0.2, -0.15) is 0 Å². The van der Waals surface area contributed by atoms with E-state index >= 15 is 0 Å². The van der Waals surface area contributed by atoms with E-state index in [9.17, 15) is 0 Å². The van der Waals surface area contributed by atoms with Crippen LogP contribution in [0.2, 0.25) is 0 Å². The third kappa shape index (κ3) is 5.90. The van der Waals surface area contributed by atoms with Crippen LogP contribution in [0.1, 0.15) is 22.3 Å². The number of hydrogen-bond acceptors (Lipinski definition) is 6. The van der Waals surface area contributed by atoms with E-state index in [1.807, 2.05) is 24.3 Å². The Morgan fingerprint density at radius 2 is 0.736 bits per heavy atom. The zero-order valence-electron chi connectivity index (χ0n) is 40.0. The quantitative estimate of drug-likeness (QED) is 0.166. The molecule has 4 aromatic heterocycles. The second kappa shape index (κ2) is 15.1. The van der Waals surface area contributed by atoms with Crippen LogP contribution in [0.3, 0.4) is 0 Å². The molecule has 6 nitrogen and oxygen atoms in total. The fourth-order valence-electron chi connectivity index (χ4n) is 11.7. The molecule has 0 unspecified atom stereocenters. The van der Waals surface area contributed by atoms with Crippen LogP contribution in [0.4, 0.5) is 34.1 Å². The van der Waals surface area contributed by atoms with Crippen molar-refractivity contribution in [3.05, 3.63) is 216 Å². The second-order valence-corrected chi connectivity index (χ2v) is 19.4. The molecule has 0 amide bonds. The maximum Gasteiger partial charge on any atom is 0.147 e. The second-order valence-electron chi connectivity index (χ2n) is 19.4. The Labute approximate surface area is 413 Å². The zero-order valence-corrected chi connectivity index (χ0v) is 40.0. The standard InChI is InChI=1S/C66H44N2O4/c1-37-13-5-9-17-52(37)67(54-26-29-58-63(39(54)3)48-15-7-11-19-56(48)69-58)45-23-21-41-33-50-47-25-28-60-65(66(47)72-61(50)35-43(41)31-45)51-34-42-22-24-46(32-44(42)36-62(51)71-60)68(53-18-10-6-14-38(53)2)55-27-30-59-64(40(55)4)49-16-8-12-20-57(49)70-59/h5-36H,1-4H3. The molecule has 6 heteroatoms. The summed E-state index contributed by atoms with van der Waals surface area (Å²) in [7, 11) is 0. The zero-order chi connectivity index (χ0) is 47.9. The molecular weight excluding hydrogens is 885 g/mol. The van der Waals surface area contributed by atoms with Gasteiger partial charge in [-0.15, -0.1) is 0 Å². The van der Waals surface area contributed by atoms with Crippen LogP contribution in [-0.2, 0) is 0 Å². The number of benzene rings is 11. The molecule has 0 bridgehead atoms. The Kier molecular flexibility index (Phi) is 8.53. The van der Waals surface area contributed by atoms with Crippen molar-refractivity contribution >= 4 is 143 Å². The SMILES string of the molecule is Cc1ccccc1N(c1ccc2cc3c(cc2c1)oc1c3ccc2oc3cc4cc(N(c5ccccc5C)c5ccc6oc7ccccc7c6c5C)ccc4cc3c21)c1ccc2oc3ccccc3c2c1C. The highest BCUT2D eigenvalue weighted by atomic mass is 16.3. The third-order valence-electron chi connectivity index (χ3n) is 15.2. The molecule has 72 heavy (non-hydrogen) atoms. The molecule has 342 valence electrons. The minimum absolute atomic E-state index is 0.795. The van der Waals surface area contributed by atoms with Crippen molar-refractivity contribution in [1.82, 2.24) is 0 Å². The average molecular weight is 929 g/mol. The molecule has 0 atom stereocenters. The lowest BCUT2D eigenvalue weighted by molar-refractivity contribution is 0.663. The van der Waals surface area contributed by atoms with Gasteiger partial charge in [-0.05, 0) is 181 Å². The van der Waals surface area contributed by atoms with Crippen molar-refractivity contribution < 1.29 is 17.7 Å². The minimum Gasteiger partial charge on any atom is -0.456 e. The average Bonchev–Trinajstić information content (AvgIpc) is 4.17. The Morgan fingerprint density at radius 1 is 0.278 bits per heavy atom. The molecule has 0 aliphatic heterocycles. The summed E-state index contributed by atoms with van der Waals surface area (Å²) in [6.07, 6.45) is 0. The monoisotopic (exact) mass is 928 g/mol. The van der Waals surface area contributed by atoms with Crippen molar-refractivity contribution in [3.8, 4) is 0 Å². The van der Waals surface area contributed by atoms with Crippen molar-refractivity contribution in [3.63, 3.8) is 0 Å². The molecule has 0 aliphatic rings. The molecule has 11 aromatic carbocycles. The van der Waals surface area contributed by atoms with Crippen molar-refractivity contribution in [2.45, 2.75) is 27.7 Å². The van der Waals surface area contributed by atoms with E-state index in [4.69, 9.17) is 17.7 Å². The van der Waals surface area contributed by atoms with Crippen molar-refractivity contribution in [1.29, 1.82) is 0 Å². The first-order chi connectivity index (χ1) is 35.3. The van der Waals surface area contributed by atoms with E-state index in [0.29, 0.717) is 0 Å². The summed E-state index contributed by atoms with van der Waals surface area (Å²) in [5.41, 5.74) is 18.1. The van der Waals surface area contributed by atoms with E-state index < -0.39 is 0 Å². The normalized spacial score (nSPS) is 12.2. The van der Waals surface area contributed by atoms with Crippen LogP contribution >= 0.6 is 0 Å². The van der Waals surface area contributed by atoms with Crippen LogP contribution in [0.25, 0.3) is 109 Å². The van der Waals surface area contributed by atoms with E-state index in [-0.39, 0.29) is 0 Å². The van der Waals surface area contributed by atoms with Gasteiger partial charge in [0, 0.05) is 71.8 Å². The molecule has 15 rings (SSSR count). The van der Waals surface area contributed by atoms with Gasteiger partial charge < -0.3 is 27.5 Å². The number of aryl methyl sites for hydroxylation is 4. The van der Waals surface area contributed by atoms with Gasteiger partial charge in [-0.3, -0.25) is 0 Å². The van der Waals surface area contributed by atoms with Crippen molar-refractivity contribution in [2.24, 2.45) is 0 Å². The highest BCUT2D eigenvalue weighted by molar-refractivity contribution is 6.24. The summed E-state index contributed by atoms with van der Waals surface area (Å²) in [6, 6.07) is 69.0. The summed E-state index contributed by atoms with van der Waals surface area (Å²) in [4.78, 5) is 4.76. The Balaban J connectivity index is 0.860. The lowest BCUT2D eigenvalue weighted by atomic mass is 10.0. The molecule has 0 radical (unpaired) electrons. The predicted molar refractivity (Wildman–Crippen MR) is 299 cm³/mol. The van der Waals surface area contributed by atoms with E-state index in [1.54, 1.807) is 0 Å². The number of fused-ring (bicyclic) bond motifs is 15. The Hall–Kier alpha value is -9.26. The van der Waals surface area contributed by atoms with E-state index in [2.05, 4.69) is 207 Å². The molecule has 4 heterocycles. The largest absolute Gasteiger partial charge is 0.456 e. The molecular formula is C66H44N2O4. The number of nitrogens with zero attached hydrogens (tertiary/aromatic N) is 2. The number of anilines is 6. The van der Waals surface area contributed by atoms with Gasteiger partial charge in [-0.25, -0.2) is 0 Å². The van der Waals surface area contributed by atoms with Crippen LogP contribution in [0, 0.1) is 27.7 Å². The molecule has 0 spiro atoms. The first-order valence-electron chi connectivity index (χ1n) is 24.6. The molecule has 0 fully saturated rings. The van der Waals surface area contributed by atoms with Gasteiger partial charge >= 0.3 is 0 Å². The fraction of sp³-hybridized carbons (Fsp3) is 0.0606. The number of furan rings is 4. The maximum atomic E-state index is 6.97. The van der Waals surface area contributed by atoms with Gasteiger partial charge in [0.1, 0.15) is 44.7 Å². The summed E-state index contributed by atoms with van der Waals surface area (Å²) in [5, 5.41) is 13.1. The smallest absolute Gasteiger partial charge is 0.147 e. The molecule has 15 aromatic rings. The first-order valence-corrected chi connectivity index (χ1v) is 24.6. The Morgan fingerprint density at radius 3 is 1.29 bits per heavy atom. The highest BCUT2D eigenvalue weighted by Gasteiger charge is 2.24. The number of rotatable bonds is 6. The summed E-state index contributed by atoms with van der Waals surface area (Å²) in [5.74, 6) is 0. The molecule has 0 aliphatic carbocycles. The highest BCUT2D eigenvalue weighted by Crippen LogP contribution is 2.48. The van der Waals surface area contributed by atoms with Gasteiger partial charge in [-0.1, -0.05) is 84.9 Å². The van der Waals surface area contributed by atoms with Crippen LogP contribution in [0.5, 0.6) is 0 Å². The van der Waals surface area contributed by atoms with Gasteiger partial charge in [0.2, 0.25) is 0 Å². The minimum atomic E-state index is 0.795. The molecule has 0 saturated carbocycles. The predicted octanol–water partition coefficient (Wildman–Crippen LogP) is 19.8. The lowest BCUT2D eigenvalue weighted by Gasteiger charge is -2.29. The number of hydrogen-bond donors (Lipinski definition) is 0. The summed E-state index contributed by atoms with van der Waals surface area (Å²) in [6.45, 7) is 8.76. The topological polar surface area (TPSA) is 59.0 Å². The first kappa shape index (κ1) is 40.6. The third-order valence-corrected chi connectivity index (χ3v) is 15.2. The summed E-state index contributed by atoms with van der Waals surface area (Å²) < 4.78 is 26.3. The van der Waals surface area contributed by atoms with Gasteiger partial charge in [0.25, 0.3) is 0 Å².